The smallest absolute Gasteiger partial charge is 0.234 e. The normalized spacial score (nSPS) is 11.3. The molecule has 3 aromatic carbocycles. The van der Waals surface area contributed by atoms with Crippen molar-refractivity contribution in [1.29, 1.82) is 0 Å². The highest BCUT2D eigenvalue weighted by atomic mass is 35.5. The largest absolute Gasteiger partial charge is 0.497 e. The molecule has 0 unspecified atom stereocenters. The number of methoxy groups -OCH3 is 1. The quantitative estimate of drug-likeness (QED) is 0.377. The van der Waals surface area contributed by atoms with Crippen LogP contribution >= 0.6 is 11.6 Å². The van der Waals surface area contributed by atoms with Crippen molar-refractivity contribution in [2.75, 3.05) is 12.4 Å². The lowest BCUT2D eigenvalue weighted by Crippen LogP contribution is -2.07. The summed E-state index contributed by atoms with van der Waals surface area (Å²) in [6.07, 6.45) is 0. The lowest BCUT2D eigenvalue weighted by molar-refractivity contribution is 0.414. The van der Waals surface area contributed by atoms with Gasteiger partial charge in [0, 0.05) is 17.1 Å². The first-order chi connectivity index (χ1) is 15.4. The molecule has 0 radical (unpaired) electrons. The lowest BCUT2D eigenvalue weighted by Gasteiger charge is -2.07. The third-order valence-electron chi connectivity index (χ3n) is 4.68. The van der Waals surface area contributed by atoms with E-state index in [0.717, 1.165) is 5.56 Å². The molecule has 0 aliphatic heterocycles. The van der Waals surface area contributed by atoms with E-state index in [-0.39, 0.29) is 28.2 Å². The summed E-state index contributed by atoms with van der Waals surface area (Å²) < 4.78 is 50.8. The summed E-state index contributed by atoms with van der Waals surface area (Å²) in [5.74, 6) is 0.315. The van der Waals surface area contributed by atoms with Gasteiger partial charge in [-0.3, -0.25) is 0 Å². The molecule has 0 amide bonds. The van der Waals surface area contributed by atoms with E-state index in [1.54, 1.807) is 19.2 Å². The van der Waals surface area contributed by atoms with Crippen LogP contribution in [0, 0.1) is 5.82 Å². The molecule has 164 valence electrons. The molecule has 9 heteroatoms. The summed E-state index contributed by atoms with van der Waals surface area (Å²) >= 11 is 5.89. The van der Waals surface area contributed by atoms with Crippen molar-refractivity contribution in [2.24, 2.45) is 0 Å². The maximum Gasteiger partial charge on any atom is 0.234 e. The number of nitrogens with one attached hydrogen (secondary N) is 1. The summed E-state index contributed by atoms with van der Waals surface area (Å²) in [5, 5.41) is 3.15. The Bertz CT molecular complexity index is 1320. The van der Waals surface area contributed by atoms with Gasteiger partial charge in [-0.15, -0.1) is 0 Å². The third-order valence-corrected chi connectivity index (χ3v) is 6.61. The topological polar surface area (TPSA) is 81.4 Å². The van der Waals surface area contributed by atoms with Crippen molar-refractivity contribution in [3.8, 4) is 17.2 Å². The minimum Gasteiger partial charge on any atom is -0.497 e. The number of aromatic nitrogens is 1. The van der Waals surface area contributed by atoms with Crippen molar-refractivity contribution in [1.82, 2.24) is 4.98 Å². The molecular formula is C23H18ClFN2O4S. The Hall–Kier alpha value is -3.36. The van der Waals surface area contributed by atoms with Gasteiger partial charge in [-0.1, -0.05) is 23.7 Å². The molecule has 0 bridgehead atoms. The van der Waals surface area contributed by atoms with Gasteiger partial charge in [0.15, 0.2) is 0 Å². The highest BCUT2D eigenvalue weighted by Gasteiger charge is 2.28. The fourth-order valence-electron chi connectivity index (χ4n) is 2.97. The maximum atomic E-state index is 13.3. The van der Waals surface area contributed by atoms with Crippen LogP contribution in [-0.4, -0.2) is 20.5 Å². The number of nitrogens with zero attached hydrogens (tertiary/aromatic N) is 1. The Kier molecular flexibility index (Phi) is 6.16. The Morgan fingerprint density at radius 2 is 1.66 bits per heavy atom. The van der Waals surface area contributed by atoms with Crippen molar-refractivity contribution in [2.45, 2.75) is 16.5 Å². The van der Waals surface area contributed by atoms with Crippen molar-refractivity contribution in [3.63, 3.8) is 0 Å². The highest BCUT2D eigenvalue weighted by Crippen LogP contribution is 2.33. The van der Waals surface area contributed by atoms with Gasteiger partial charge in [0.25, 0.3) is 0 Å². The first-order valence-corrected chi connectivity index (χ1v) is 11.4. The number of benzene rings is 3. The molecule has 0 spiro atoms. The first kappa shape index (κ1) is 21.9. The van der Waals surface area contributed by atoms with Gasteiger partial charge in [0.05, 0.1) is 12.0 Å². The highest BCUT2D eigenvalue weighted by molar-refractivity contribution is 7.91. The van der Waals surface area contributed by atoms with E-state index in [1.807, 2.05) is 12.1 Å². The maximum absolute atomic E-state index is 13.3. The molecule has 0 aliphatic carbocycles. The van der Waals surface area contributed by atoms with E-state index in [9.17, 15) is 12.8 Å². The monoisotopic (exact) mass is 472 g/mol. The number of hydrogen-bond acceptors (Lipinski definition) is 6. The van der Waals surface area contributed by atoms with Gasteiger partial charge in [0.1, 0.15) is 11.6 Å². The van der Waals surface area contributed by atoms with E-state index in [1.165, 1.54) is 48.5 Å². The molecule has 1 heterocycles. The van der Waals surface area contributed by atoms with Crippen molar-refractivity contribution >= 4 is 27.3 Å². The average molecular weight is 473 g/mol. The van der Waals surface area contributed by atoms with Crippen LogP contribution in [0.2, 0.25) is 5.02 Å². The number of halogens is 2. The summed E-state index contributed by atoms with van der Waals surface area (Å²) in [7, 11) is -2.44. The van der Waals surface area contributed by atoms with Crippen LogP contribution < -0.4 is 10.1 Å². The lowest BCUT2D eigenvalue weighted by atomic mass is 10.2. The summed E-state index contributed by atoms with van der Waals surface area (Å²) in [6.45, 7) is 0.283. The molecule has 4 rings (SSSR count). The van der Waals surface area contributed by atoms with Gasteiger partial charge < -0.3 is 14.5 Å². The molecule has 0 saturated heterocycles. The van der Waals surface area contributed by atoms with Crippen LogP contribution in [0.15, 0.2) is 87.1 Å². The predicted octanol–water partition coefficient (Wildman–Crippen LogP) is 5.59. The van der Waals surface area contributed by atoms with Crippen LogP contribution in [0.1, 0.15) is 5.56 Å². The van der Waals surface area contributed by atoms with E-state index in [0.29, 0.717) is 16.3 Å². The zero-order valence-corrected chi connectivity index (χ0v) is 18.5. The average Bonchev–Trinajstić information content (AvgIpc) is 3.24. The molecule has 1 N–H and O–H groups in total. The summed E-state index contributed by atoms with van der Waals surface area (Å²) in [4.78, 5) is 4.25. The van der Waals surface area contributed by atoms with E-state index >= 15 is 0 Å². The molecule has 0 fully saturated rings. The van der Waals surface area contributed by atoms with Gasteiger partial charge in [-0.2, -0.15) is 4.98 Å². The number of oxazole rings is 1. The Morgan fingerprint density at radius 3 is 2.28 bits per heavy atom. The predicted molar refractivity (Wildman–Crippen MR) is 119 cm³/mol. The molecule has 0 saturated carbocycles. The van der Waals surface area contributed by atoms with E-state index < -0.39 is 15.7 Å². The fraction of sp³-hybridized carbons (Fsp3) is 0.0870. The molecule has 4 aromatic rings. The van der Waals surface area contributed by atoms with Crippen molar-refractivity contribution < 1.29 is 22.0 Å². The Morgan fingerprint density at radius 1 is 1.00 bits per heavy atom. The Labute approximate surface area is 189 Å². The molecular weight excluding hydrogens is 455 g/mol. The molecule has 0 atom stereocenters. The minimum absolute atomic E-state index is 0.0184. The van der Waals surface area contributed by atoms with Crippen LogP contribution in [0.5, 0.6) is 5.75 Å². The summed E-state index contributed by atoms with van der Waals surface area (Å²) in [5.41, 5.74) is 1.32. The van der Waals surface area contributed by atoms with Gasteiger partial charge in [-0.25, -0.2) is 12.8 Å². The van der Waals surface area contributed by atoms with Gasteiger partial charge >= 0.3 is 0 Å². The standard InChI is InChI=1S/C23H18ClFN2O4S/c1-30-19-10-2-15(3-11-19)14-26-22-23(32(28,29)20-12-6-17(24)7-13-20)27-21(31-22)16-4-8-18(25)9-5-16/h2-13,26H,14H2,1H3. The number of anilines is 1. The van der Waals surface area contributed by atoms with Crippen LogP contribution in [0.4, 0.5) is 10.3 Å². The Balaban J connectivity index is 1.72. The molecule has 6 nitrogen and oxygen atoms in total. The third kappa shape index (κ3) is 4.61. The SMILES string of the molecule is COc1ccc(CNc2oc(-c3ccc(F)cc3)nc2S(=O)(=O)c2ccc(Cl)cc2)cc1. The zero-order chi connectivity index (χ0) is 22.7. The molecule has 0 aliphatic rings. The van der Waals surface area contributed by atoms with E-state index in [4.69, 9.17) is 20.8 Å². The zero-order valence-electron chi connectivity index (χ0n) is 16.9. The number of ether oxygens (including phenoxy) is 1. The number of rotatable bonds is 7. The number of sulfone groups is 1. The molecule has 1 aromatic heterocycles. The van der Waals surface area contributed by atoms with Crippen molar-refractivity contribution in [3.05, 3.63) is 89.2 Å². The second kappa shape index (κ2) is 9.02. The van der Waals surface area contributed by atoms with E-state index in [2.05, 4.69) is 10.3 Å². The van der Waals surface area contributed by atoms with Crippen LogP contribution in [-0.2, 0) is 16.4 Å². The summed E-state index contributed by atoms with van der Waals surface area (Å²) in [6, 6.07) is 18.5. The minimum atomic E-state index is -4.02. The van der Waals surface area contributed by atoms with Crippen LogP contribution in [0.25, 0.3) is 11.5 Å². The number of hydrogen-bond donors (Lipinski definition) is 1. The van der Waals surface area contributed by atoms with Gasteiger partial charge in [0.2, 0.25) is 26.6 Å². The second-order valence-corrected chi connectivity index (χ2v) is 9.12. The second-order valence-electron chi connectivity index (χ2n) is 6.82. The molecule has 32 heavy (non-hydrogen) atoms. The fourth-order valence-corrected chi connectivity index (χ4v) is 4.37. The van der Waals surface area contributed by atoms with Crippen LogP contribution in [0.3, 0.4) is 0 Å². The first-order valence-electron chi connectivity index (χ1n) is 9.51. The van der Waals surface area contributed by atoms with Gasteiger partial charge in [-0.05, 0) is 66.2 Å².